The van der Waals surface area contributed by atoms with Crippen LogP contribution in [0.1, 0.15) is 13.3 Å². The average Bonchev–Trinajstić information content (AvgIpc) is 2.85. The van der Waals surface area contributed by atoms with E-state index in [0.717, 1.165) is 11.4 Å². The molecule has 0 bridgehead atoms. The number of carbonyl (C=O) groups is 2. The summed E-state index contributed by atoms with van der Waals surface area (Å²) in [6, 6.07) is 7.28. The normalized spacial score (nSPS) is 17.9. The third-order valence-corrected chi connectivity index (χ3v) is 4.18. The van der Waals surface area contributed by atoms with Crippen molar-refractivity contribution in [3.63, 3.8) is 0 Å². The van der Waals surface area contributed by atoms with Gasteiger partial charge < -0.3 is 15.0 Å². The predicted octanol–water partition coefficient (Wildman–Crippen LogP) is 1.67. The van der Waals surface area contributed by atoms with E-state index in [0.29, 0.717) is 24.5 Å². The maximum atomic E-state index is 12.2. The summed E-state index contributed by atoms with van der Waals surface area (Å²) in [5.41, 5.74) is 0.754. The lowest BCUT2D eigenvalue weighted by molar-refractivity contribution is -0.119. The van der Waals surface area contributed by atoms with E-state index in [1.54, 1.807) is 23.8 Å². The van der Waals surface area contributed by atoms with Crippen LogP contribution in [-0.2, 0) is 9.59 Å². The zero-order valence-electron chi connectivity index (χ0n) is 12.3. The van der Waals surface area contributed by atoms with Gasteiger partial charge in [0.1, 0.15) is 5.75 Å². The Balaban J connectivity index is 2.01. The fourth-order valence-electron chi connectivity index (χ4n) is 2.35. The third-order valence-electron chi connectivity index (χ3n) is 3.30. The molecule has 0 saturated carbocycles. The van der Waals surface area contributed by atoms with Gasteiger partial charge in [0, 0.05) is 13.0 Å². The Kier molecular flexibility index (Phi) is 5.50. The number of hydrogen-bond acceptors (Lipinski definition) is 4. The lowest BCUT2D eigenvalue weighted by atomic mass is 10.2. The first kappa shape index (κ1) is 15.7. The predicted molar refractivity (Wildman–Crippen MR) is 84.9 cm³/mol. The monoisotopic (exact) mass is 308 g/mol. The highest BCUT2D eigenvalue weighted by Crippen LogP contribution is 2.30. The van der Waals surface area contributed by atoms with Crippen LogP contribution < -0.4 is 15.0 Å². The zero-order valence-corrected chi connectivity index (χ0v) is 13.1. The number of nitrogens with one attached hydrogen (secondary N) is 1. The molecular weight excluding hydrogens is 288 g/mol. The van der Waals surface area contributed by atoms with Crippen LogP contribution in [-0.4, -0.2) is 43.0 Å². The number of nitrogens with zero attached hydrogens (tertiary/aromatic N) is 1. The number of benzene rings is 1. The fourth-order valence-corrected chi connectivity index (χ4v) is 2.83. The van der Waals surface area contributed by atoms with Gasteiger partial charge in [0.05, 0.1) is 24.6 Å². The minimum absolute atomic E-state index is 0.00736. The van der Waals surface area contributed by atoms with E-state index in [9.17, 15) is 9.59 Å². The number of anilines is 1. The van der Waals surface area contributed by atoms with Crippen LogP contribution in [0.4, 0.5) is 5.69 Å². The lowest BCUT2D eigenvalue weighted by Crippen LogP contribution is -2.38. The van der Waals surface area contributed by atoms with Crippen molar-refractivity contribution < 1.29 is 14.3 Å². The highest BCUT2D eigenvalue weighted by atomic mass is 32.2. The van der Waals surface area contributed by atoms with E-state index in [2.05, 4.69) is 5.32 Å². The number of carbonyl (C=O) groups excluding carboxylic acids is 2. The maximum absolute atomic E-state index is 12.2. The lowest BCUT2D eigenvalue weighted by Gasteiger charge is -2.19. The molecule has 2 amide bonds. The second-order valence-electron chi connectivity index (χ2n) is 4.78. The molecule has 6 heteroatoms. The number of ether oxygens (including phenoxy) is 1. The molecule has 0 spiro atoms. The molecule has 1 N–H and O–H groups in total. The summed E-state index contributed by atoms with van der Waals surface area (Å²) in [6.45, 7) is 2.50. The second-order valence-corrected chi connectivity index (χ2v) is 6.06. The minimum atomic E-state index is -0.132. The van der Waals surface area contributed by atoms with Crippen molar-refractivity contribution in [3.8, 4) is 5.75 Å². The molecular formula is C15H20N2O3S. The van der Waals surface area contributed by atoms with E-state index in [1.807, 2.05) is 31.2 Å². The molecule has 0 aromatic heterocycles. The van der Waals surface area contributed by atoms with Crippen molar-refractivity contribution in [1.82, 2.24) is 5.32 Å². The Hall–Kier alpha value is -1.69. The summed E-state index contributed by atoms with van der Waals surface area (Å²) in [6.07, 6.45) is 0.334. The van der Waals surface area contributed by atoms with Crippen molar-refractivity contribution in [2.75, 3.05) is 30.1 Å². The summed E-state index contributed by atoms with van der Waals surface area (Å²) in [4.78, 5) is 25.6. The second kappa shape index (κ2) is 7.36. The molecule has 0 aliphatic carbocycles. The van der Waals surface area contributed by atoms with Gasteiger partial charge in [-0.3, -0.25) is 9.59 Å². The molecule has 2 rings (SSSR count). The molecule has 1 atom stereocenters. The standard InChI is InChI=1S/C15H20N2O3S/c1-3-21-10-14(18)16-11-8-15(19)17(9-11)12-6-4-5-7-13(12)20-2/h4-7,11H,3,8-10H2,1-2H3,(H,16,18)/t11-/m0/s1. The highest BCUT2D eigenvalue weighted by molar-refractivity contribution is 7.99. The van der Waals surface area contributed by atoms with E-state index in [4.69, 9.17) is 4.74 Å². The maximum Gasteiger partial charge on any atom is 0.230 e. The van der Waals surface area contributed by atoms with Crippen LogP contribution in [0, 0.1) is 0 Å². The molecule has 1 aliphatic rings. The first-order valence-electron chi connectivity index (χ1n) is 6.96. The largest absolute Gasteiger partial charge is 0.495 e. The van der Waals surface area contributed by atoms with Crippen molar-refractivity contribution in [1.29, 1.82) is 0 Å². The Labute approximate surface area is 129 Å². The van der Waals surface area contributed by atoms with Gasteiger partial charge in [0.15, 0.2) is 0 Å². The van der Waals surface area contributed by atoms with Gasteiger partial charge in [0.25, 0.3) is 0 Å². The Morgan fingerprint density at radius 1 is 1.48 bits per heavy atom. The number of methoxy groups -OCH3 is 1. The molecule has 1 aromatic rings. The fraction of sp³-hybridized carbons (Fsp3) is 0.467. The molecule has 1 fully saturated rings. The molecule has 1 heterocycles. The molecule has 1 aliphatic heterocycles. The molecule has 5 nitrogen and oxygen atoms in total. The van der Waals surface area contributed by atoms with Crippen molar-refractivity contribution in [2.45, 2.75) is 19.4 Å². The van der Waals surface area contributed by atoms with Gasteiger partial charge in [-0.05, 0) is 17.9 Å². The molecule has 0 radical (unpaired) electrons. The topological polar surface area (TPSA) is 58.6 Å². The van der Waals surface area contributed by atoms with E-state index >= 15 is 0 Å². The summed E-state index contributed by atoms with van der Waals surface area (Å²) in [5.74, 6) is 2.01. The van der Waals surface area contributed by atoms with Crippen LogP contribution in [0.15, 0.2) is 24.3 Å². The van der Waals surface area contributed by atoms with Crippen molar-refractivity contribution >= 4 is 29.3 Å². The van der Waals surface area contributed by atoms with Crippen molar-refractivity contribution in [3.05, 3.63) is 24.3 Å². The van der Waals surface area contributed by atoms with Crippen LogP contribution in [0.5, 0.6) is 5.75 Å². The van der Waals surface area contributed by atoms with Crippen LogP contribution >= 0.6 is 11.8 Å². The first-order chi connectivity index (χ1) is 10.2. The van der Waals surface area contributed by atoms with E-state index < -0.39 is 0 Å². The van der Waals surface area contributed by atoms with Crippen molar-refractivity contribution in [2.24, 2.45) is 0 Å². The van der Waals surface area contributed by atoms with Gasteiger partial charge in [0.2, 0.25) is 11.8 Å². The Morgan fingerprint density at radius 2 is 2.24 bits per heavy atom. The molecule has 1 saturated heterocycles. The quantitative estimate of drug-likeness (QED) is 0.868. The molecule has 21 heavy (non-hydrogen) atoms. The highest BCUT2D eigenvalue weighted by Gasteiger charge is 2.32. The minimum Gasteiger partial charge on any atom is -0.495 e. The van der Waals surface area contributed by atoms with E-state index in [-0.39, 0.29) is 17.9 Å². The van der Waals surface area contributed by atoms with Crippen LogP contribution in [0.25, 0.3) is 0 Å². The number of thioether (sulfide) groups is 1. The van der Waals surface area contributed by atoms with Crippen LogP contribution in [0.2, 0.25) is 0 Å². The van der Waals surface area contributed by atoms with Crippen LogP contribution in [0.3, 0.4) is 0 Å². The van der Waals surface area contributed by atoms with Gasteiger partial charge >= 0.3 is 0 Å². The van der Waals surface area contributed by atoms with Gasteiger partial charge in [-0.25, -0.2) is 0 Å². The van der Waals surface area contributed by atoms with Gasteiger partial charge in [-0.2, -0.15) is 11.8 Å². The van der Waals surface area contributed by atoms with E-state index in [1.165, 1.54) is 0 Å². The summed E-state index contributed by atoms with van der Waals surface area (Å²) in [5, 5.41) is 2.92. The smallest absolute Gasteiger partial charge is 0.230 e. The summed E-state index contributed by atoms with van der Waals surface area (Å²) in [7, 11) is 1.58. The molecule has 114 valence electrons. The summed E-state index contributed by atoms with van der Waals surface area (Å²) < 4.78 is 5.29. The zero-order chi connectivity index (χ0) is 15.2. The first-order valence-corrected chi connectivity index (χ1v) is 8.11. The molecule has 1 aromatic carbocycles. The number of hydrogen-bond donors (Lipinski definition) is 1. The third kappa shape index (κ3) is 3.91. The number of para-hydroxylation sites is 2. The Morgan fingerprint density at radius 3 is 2.95 bits per heavy atom. The average molecular weight is 308 g/mol. The van der Waals surface area contributed by atoms with Gasteiger partial charge in [-0.1, -0.05) is 19.1 Å². The summed E-state index contributed by atoms with van der Waals surface area (Å²) >= 11 is 1.57. The number of rotatable bonds is 6. The Bertz CT molecular complexity index is 521. The SMILES string of the molecule is CCSCC(=O)N[C@H]1CC(=O)N(c2ccccc2OC)C1. The van der Waals surface area contributed by atoms with Gasteiger partial charge in [-0.15, -0.1) is 0 Å². The molecule has 0 unspecified atom stereocenters. The number of amides is 2.